The van der Waals surface area contributed by atoms with E-state index in [4.69, 9.17) is 4.74 Å². The molecule has 1 atom stereocenters. The Labute approximate surface area is 201 Å². The number of aromatic hydroxyl groups is 1. The van der Waals surface area contributed by atoms with Gasteiger partial charge in [0.15, 0.2) is 0 Å². The highest BCUT2D eigenvalue weighted by atomic mass is 16.5. The van der Waals surface area contributed by atoms with Gasteiger partial charge in [-0.1, -0.05) is 44.5 Å². The maximum Gasteiger partial charge on any atom is 0.295 e. The SMILES string of the molecule is CCCOc1ccc(C2C(=C(O)c3cc(C)ccc3O)C(=O)C(=O)N2CCN(CC)CC)cc1. The van der Waals surface area contributed by atoms with Gasteiger partial charge in [-0.2, -0.15) is 0 Å². The van der Waals surface area contributed by atoms with Gasteiger partial charge in [-0.25, -0.2) is 0 Å². The molecule has 0 aromatic heterocycles. The summed E-state index contributed by atoms with van der Waals surface area (Å²) in [4.78, 5) is 30.0. The fraction of sp³-hybridized carbons (Fsp3) is 0.407. The predicted octanol–water partition coefficient (Wildman–Crippen LogP) is 4.25. The third-order valence-electron chi connectivity index (χ3n) is 6.17. The van der Waals surface area contributed by atoms with Crippen molar-refractivity contribution in [2.75, 3.05) is 32.8 Å². The number of phenolic OH excluding ortho intramolecular Hbond substituents is 1. The molecule has 0 saturated carbocycles. The smallest absolute Gasteiger partial charge is 0.295 e. The molecule has 2 aromatic carbocycles. The number of likely N-dealkylation sites (tertiary alicyclic amines) is 1. The van der Waals surface area contributed by atoms with E-state index in [0.717, 1.165) is 25.1 Å². The molecule has 1 aliphatic heterocycles. The Balaban J connectivity index is 2.09. The van der Waals surface area contributed by atoms with Gasteiger partial charge < -0.3 is 24.7 Å². The minimum absolute atomic E-state index is 0.0207. The summed E-state index contributed by atoms with van der Waals surface area (Å²) in [7, 11) is 0. The zero-order valence-electron chi connectivity index (χ0n) is 20.4. The Morgan fingerprint density at radius 3 is 2.35 bits per heavy atom. The molecule has 0 radical (unpaired) electrons. The average molecular weight is 467 g/mol. The van der Waals surface area contributed by atoms with Crippen LogP contribution < -0.4 is 4.74 Å². The van der Waals surface area contributed by atoms with E-state index in [1.807, 2.05) is 39.8 Å². The number of rotatable bonds is 10. The number of phenols is 1. The van der Waals surface area contributed by atoms with Crippen LogP contribution in [0.25, 0.3) is 5.76 Å². The van der Waals surface area contributed by atoms with Crippen LogP contribution in [0.2, 0.25) is 0 Å². The number of Topliss-reactive ketones (excluding diaryl/α,β-unsaturated/α-hetero) is 1. The van der Waals surface area contributed by atoms with Crippen LogP contribution >= 0.6 is 0 Å². The molecule has 182 valence electrons. The maximum atomic E-state index is 13.2. The number of carbonyl (C=O) groups excluding carboxylic acids is 2. The van der Waals surface area contributed by atoms with E-state index in [1.54, 1.807) is 24.3 Å². The number of ether oxygens (including phenoxy) is 1. The topological polar surface area (TPSA) is 90.3 Å². The number of ketones is 1. The summed E-state index contributed by atoms with van der Waals surface area (Å²) in [5.74, 6) is -1.24. The molecule has 0 spiro atoms. The molecule has 1 unspecified atom stereocenters. The summed E-state index contributed by atoms with van der Waals surface area (Å²) in [5.41, 5.74) is 1.61. The Morgan fingerprint density at radius 1 is 1.06 bits per heavy atom. The number of amides is 1. The van der Waals surface area contributed by atoms with Gasteiger partial charge in [0.1, 0.15) is 17.3 Å². The van der Waals surface area contributed by atoms with Crippen molar-refractivity contribution in [2.24, 2.45) is 0 Å². The Kier molecular flexibility index (Phi) is 8.34. The fourth-order valence-electron chi connectivity index (χ4n) is 4.20. The van der Waals surface area contributed by atoms with Gasteiger partial charge >= 0.3 is 0 Å². The van der Waals surface area contributed by atoms with Crippen molar-refractivity contribution in [3.8, 4) is 11.5 Å². The van der Waals surface area contributed by atoms with Crippen molar-refractivity contribution in [3.63, 3.8) is 0 Å². The second kappa shape index (κ2) is 11.2. The van der Waals surface area contributed by atoms with Gasteiger partial charge in [0.25, 0.3) is 11.7 Å². The molecule has 1 saturated heterocycles. The van der Waals surface area contributed by atoms with Gasteiger partial charge in [0.2, 0.25) is 0 Å². The Bertz CT molecular complexity index is 1060. The van der Waals surface area contributed by atoms with Gasteiger partial charge in [-0.3, -0.25) is 9.59 Å². The first-order chi connectivity index (χ1) is 16.3. The average Bonchev–Trinajstić information content (AvgIpc) is 3.09. The largest absolute Gasteiger partial charge is 0.507 e. The minimum Gasteiger partial charge on any atom is -0.507 e. The van der Waals surface area contributed by atoms with Crippen molar-refractivity contribution < 1.29 is 24.5 Å². The van der Waals surface area contributed by atoms with E-state index in [2.05, 4.69) is 4.90 Å². The Hall–Kier alpha value is -3.32. The molecule has 1 fully saturated rings. The first-order valence-corrected chi connectivity index (χ1v) is 11.9. The number of likely N-dealkylation sites (N-methyl/N-ethyl adjacent to an activating group) is 1. The number of hydrogen-bond donors (Lipinski definition) is 2. The number of aliphatic hydroxyl groups is 1. The quantitative estimate of drug-likeness (QED) is 0.309. The standard InChI is InChI=1S/C27H34N2O5/c1-5-16-34-20-11-9-19(10-12-20)24-23(25(31)21-17-18(4)8-13-22(21)30)26(32)27(33)29(24)15-14-28(6-2)7-3/h8-13,17,24,30-31H,5-7,14-16H2,1-4H3. The van der Waals surface area contributed by atoms with E-state index < -0.39 is 17.7 Å². The molecule has 7 nitrogen and oxygen atoms in total. The molecule has 1 aliphatic rings. The van der Waals surface area contributed by atoms with Crippen LogP contribution in [-0.4, -0.2) is 64.5 Å². The van der Waals surface area contributed by atoms with Crippen molar-refractivity contribution in [2.45, 2.75) is 40.2 Å². The lowest BCUT2D eigenvalue weighted by Crippen LogP contribution is -2.38. The molecule has 34 heavy (non-hydrogen) atoms. The number of benzene rings is 2. The monoisotopic (exact) mass is 466 g/mol. The van der Waals surface area contributed by atoms with Gasteiger partial charge in [0.05, 0.1) is 23.8 Å². The second-order valence-corrected chi connectivity index (χ2v) is 8.46. The first-order valence-electron chi connectivity index (χ1n) is 11.9. The van der Waals surface area contributed by atoms with Crippen LogP contribution in [0.4, 0.5) is 0 Å². The zero-order chi connectivity index (χ0) is 24.8. The lowest BCUT2D eigenvalue weighted by atomic mass is 9.94. The number of carbonyl (C=O) groups is 2. The van der Waals surface area contributed by atoms with E-state index in [9.17, 15) is 19.8 Å². The fourth-order valence-corrected chi connectivity index (χ4v) is 4.20. The van der Waals surface area contributed by atoms with Crippen molar-refractivity contribution in [1.82, 2.24) is 9.80 Å². The highest BCUT2D eigenvalue weighted by Gasteiger charge is 2.46. The molecule has 1 heterocycles. The van der Waals surface area contributed by atoms with Gasteiger partial charge in [-0.15, -0.1) is 0 Å². The van der Waals surface area contributed by atoms with Crippen LogP contribution in [0.15, 0.2) is 48.0 Å². The third-order valence-corrected chi connectivity index (χ3v) is 6.17. The second-order valence-electron chi connectivity index (χ2n) is 8.46. The van der Waals surface area contributed by atoms with Crippen molar-refractivity contribution >= 4 is 17.4 Å². The van der Waals surface area contributed by atoms with Gasteiger partial charge in [0, 0.05) is 13.1 Å². The minimum atomic E-state index is -0.768. The zero-order valence-corrected chi connectivity index (χ0v) is 20.4. The summed E-state index contributed by atoms with van der Waals surface area (Å²) in [6, 6.07) is 11.3. The van der Waals surface area contributed by atoms with Gasteiger partial charge in [-0.05, 0) is 56.3 Å². The van der Waals surface area contributed by atoms with Crippen LogP contribution in [0.1, 0.15) is 49.9 Å². The number of aliphatic hydroxyl groups excluding tert-OH is 1. The molecular formula is C27H34N2O5. The molecule has 7 heteroatoms. The van der Waals surface area contributed by atoms with Crippen LogP contribution in [0.5, 0.6) is 11.5 Å². The van der Waals surface area contributed by atoms with Crippen molar-refractivity contribution in [3.05, 3.63) is 64.7 Å². The molecule has 2 aromatic rings. The van der Waals surface area contributed by atoms with E-state index in [0.29, 0.717) is 31.0 Å². The summed E-state index contributed by atoms with van der Waals surface area (Å²) < 4.78 is 5.67. The van der Waals surface area contributed by atoms with E-state index in [-0.39, 0.29) is 22.6 Å². The number of hydrogen-bond acceptors (Lipinski definition) is 6. The molecular weight excluding hydrogens is 432 g/mol. The first kappa shape index (κ1) is 25.3. The van der Waals surface area contributed by atoms with Crippen LogP contribution in [0, 0.1) is 6.92 Å². The molecule has 3 rings (SSSR count). The highest BCUT2D eigenvalue weighted by molar-refractivity contribution is 6.46. The lowest BCUT2D eigenvalue weighted by molar-refractivity contribution is -0.140. The molecule has 0 bridgehead atoms. The van der Waals surface area contributed by atoms with Crippen LogP contribution in [-0.2, 0) is 9.59 Å². The molecule has 2 N–H and O–H groups in total. The summed E-state index contributed by atoms with van der Waals surface area (Å²) in [5, 5.41) is 21.6. The lowest BCUT2D eigenvalue weighted by Gasteiger charge is -2.28. The number of nitrogens with zero attached hydrogens (tertiary/aromatic N) is 2. The number of aryl methyl sites for hydroxylation is 1. The maximum absolute atomic E-state index is 13.2. The Morgan fingerprint density at radius 2 is 1.74 bits per heavy atom. The summed E-state index contributed by atoms with van der Waals surface area (Å²) >= 11 is 0. The molecule has 1 amide bonds. The van der Waals surface area contributed by atoms with E-state index in [1.165, 1.54) is 11.0 Å². The van der Waals surface area contributed by atoms with E-state index >= 15 is 0 Å². The van der Waals surface area contributed by atoms with Crippen LogP contribution in [0.3, 0.4) is 0 Å². The third kappa shape index (κ3) is 5.25. The highest BCUT2D eigenvalue weighted by Crippen LogP contribution is 2.41. The molecule has 0 aliphatic carbocycles. The normalized spacial score (nSPS) is 17.6. The summed E-state index contributed by atoms with van der Waals surface area (Å²) in [6.07, 6.45) is 0.882. The summed E-state index contributed by atoms with van der Waals surface area (Å²) in [6.45, 7) is 11.1. The predicted molar refractivity (Wildman–Crippen MR) is 132 cm³/mol. The van der Waals surface area contributed by atoms with Crippen molar-refractivity contribution in [1.29, 1.82) is 0 Å².